The molecule has 1 aromatic heterocycles. The number of carbonyl (C=O) groups is 1. The molecular formula is C27H37N3O3. The second kappa shape index (κ2) is 11.4. The molecule has 1 fully saturated rings. The second-order valence-electron chi connectivity index (χ2n) is 9.62. The van der Waals surface area contributed by atoms with Crippen LogP contribution in [0.1, 0.15) is 75.1 Å². The van der Waals surface area contributed by atoms with Gasteiger partial charge in [-0.15, -0.1) is 0 Å². The Bertz CT molecular complexity index is 1050. The zero-order valence-electron chi connectivity index (χ0n) is 20.5. The molecule has 1 saturated carbocycles. The number of esters is 1. The van der Waals surface area contributed by atoms with Crippen molar-refractivity contribution in [3.8, 4) is 0 Å². The normalized spacial score (nSPS) is 15.8. The summed E-state index contributed by atoms with van der Waals surface area (Å²) in [7, 11) is 0. The van der Waals surface area contributed by atoms with Crippen LogP contribution in [0.5, 0.6) is 0 Å². The van der Waals surface area contributed by atoms with Crippen LogP contribution in [-0.4, -0.2) is 28.8 Å². The third kappa shape index (κ3) is 7.13. The molecule has 6 heteroatoms. The number of ether oxygens (including phenoxy) is 1. The minimum atomic E-state index is -0.315. The van der Waals surface area contributed by atoms with Gasteiger partial charge in [0.2, 0.25) is 0 Å². The van der Waals surface area contributed by atoms with Crippen molar-refractivity contribution in [2.75, 3.05) is 0 Å². The van der Waals surface area contributed by atoms with Crippen LogP contribution in [0.4, 0.5) is 5.69 Å². The van der Waals surface area contributed by atoms with Gasteiger partial charge in [-0.3, -0.25) is 14.6 Å². The lowest BCUT2D eigenvalue weighted by atomic mass is 10.0. The summed E-state index contributed by atoms with van der Waals surface area (Å²) in [4.78, 5) is 32.0. The first kappa shape index (κ1) is 24.9. The second-order valence-corrected chi connectivity index (χ2v) is 9.62. The topological polar surface area (TPSA) is 83.5 Å². The van der Waals surface area contributed by atoms with Crippen LogP contribution in [0.3, 0.4) is 0 Å². The first-order chi connectivity index (χ1) is 15.7. The van der Waals surface area contributed by atoms with Crippen molar-refractivity contribution in [1.29, 1.82) is 0 Å². The fourth-order valence-corrected chi connectivity index (χ4v) is 4.17. The predicted molar refractivity (Wildman–Crippen MR) is 133 cm³/mol. The van der Waals surface area contributed by atoms with Gasteiger partial charge < -0.3 is 15.0 Å². The van der Waals surface area contributed by atoms with Crippen molar-refractivity contribution in [2.24, 2.45) is 10.9 Å². The van der Waals surface area contributed by atoms with Crippen molar-refractivity contribution in [3.05, 3.63) is 63.1 Å². The average molecular weight is 452 g/mol. The molecule has 1 atom stereocenters. The lowest BCUT2D eigenvalue weighted by Crippen LogP contribution is -2.40. The SMILES string of the molecule is C/C(=N\c1cc(CNC(CC(C)C)C(=O)OC2CCCC2)ccc1C)c1c[nH]c(=O)c(C)c1. The van der Waals surface area contributed by atoms with E-state index in [1.807, 2.05) is 19.9 Å². The molecule has 0 bridgehead atoms. The summed E-state index contributed by atoms with van der Waals surface area (Å²) in [6.45, 7) is 10.6. The quantitative estimate of drug-likeness (QED) is 0.409. The van der Waals surface area contributed by atoms with Gasteiger partial charge in [-0.05, 0) is 82.1 Å². The molecular weight excluding hydrogens is 414 g/mol. The van der Waals surface area contributed by atoms with Gasteiger partial charge in [-0.1, -0.05) is 26.0 Å². The van der Waals surface area contributed by atoms with Gasteiger partial charge in [-0.25, -0.2) is 0 Å². The van der Waals surface area contributed by atoms with Crippen molar-refractivity contribution in [3.63, 3.8) is 0 Å². The highest BCUT2D eigenvalue weighted by atomic mass is 16.5. The maximum Gasteiger partial charge on any atom is 0.323 e. The largest absolute Gasteiger partial charge is 0.461 e. The van der Waals surface area contributed by atoms with E-state index in [1.165, 1.54) is 0 Å². The lowest BCUT2D eigenvalue weighted by molar-refractivity contribution is -0.151. The number of aliphatic imine (C=N–C) groups is 1. The van der Waals surface area contributed by atoms with Crippen LogP contribution in [0.25, 0.3) is 0 Å². The molecule has 178 valence electrons. The smallest absolute Gasteiger partial charge is 0.323 e. The summed E-state index contributed by atoms with van der Waals surface area (Å²) in [6, 6.07) is 7.71. The molecule has 1 heterocycles. The number of aromatic nitrogens is 1. The number of carbonyl (C=O) groups excluding carboxylic acids is 1. The number of pyridine rings is 1. The summed E-state index contributed by atoms with van der Waals surface area (Å²) in [5, 5.41) is 3.42. The van der Waals surface area contributed by atoms with Crippen LogP contribution in [-0.2, 0) is 16.1 Å². The molecule has 0 amide bonds. The van der Waals surface area contributed by atoms with Crippen LogP contribution in [0, 0.1) is 19.8 Å². The summed E-state index contributed by atoms with van der Waals surface area (Å²) in [6.07, 6.45) is 6.76. The van der Waals surface area contributed by atoms with E-state index in [0.717, 1.165) is 60.2 Å². The van der Waals surface area contributed by atoms with Crippen LogP contribution < -0.4 is 10.9 Å². The van der Waals surface area contributed by atoms with Gasteiger partial charge in [0.25, 0.3) is 5.56 Å². The van der Waals surface area contributed by atoms with Crippen LogP contribution in [0.15, 0.2) is 40.2 Å². The third-order valence-electron chi connectivity index (χ3n) is 6.20. The van der Waals surface area contributed by atoms with Gasteiger partial charge in [0, 0.05) is 29.6 Å². The predicted octanol–water partition coefficient (Wildman–Crippen LogP) is 5.12. The Hall–Kier alpha value is -2.73. The number of nitrogens with one attached hydrogen (secondary N) is 2. The highest BCUT2D eigenvalue weighted by Crippen LogP contribution is 2.23. The van der Waals surface area contributed by atoms with Gasteiger partial charge in [-0.2, -0.15) is 0 Å². The number of H-pyrrole nitrogens is 1. The molecule has 2 aromatic rings. The van der Waals surface area contributed by atoms with Gasteiger partial charge >= 0.3 is 5.97 Å². The van der Waals surface area contributed by atoms with E-state index in [9.17, 15) is 9.59 Å². The number of hydrogen-bond acceptors (Lipinski definition) is 5. The highest BCUT2D eigenvalue weighted by Gasteiger charge is 2.26. The fraction of sp³-hybridized carbons (Fsp3) is 0.519. The third-order valence-corrected chi connectivity index (χ3v) is 6.20. The molecule has 3 rings (SSSR count). The maximum atomic E-state index is 12.8. The van der Waals surface area contributed by atoms with E-state index >= 15 is 0 Å². The van der Waals surface area contributed by atoms with E-state index < -0.39 is 0 Å². The number of nitrogens with zero attached hydrogens (tertiary/aromatic N) is 1. The Labute approximate surface area is 196 Å². The Morgan fingerprint density at radius 2 is 1.91 bits per heavy atom. The molecule has 1 aliphatic carbocycles. The zero-order valence-corrected chi connectivity index (χ0v) is 20.5. The minimum Gasteiger partial charge on any atom is -0.461 e. The molecule has 2 N–H and O–H groups in total. The summed E-state index contributed by atoms with van der Waals surface area (Å²) >= 11 is 0. The monoisotopic (exact) mass is 451 g/mol. The van der Waals surface area contributed by atoms with E-state index in [1.54, 1.807) is 13.1 Å². The molecule has 33 heavy (non-hydrogen) atoms. The van der Waals surface area contributed by atoms with Crippen molar-refractivity contribution >= 4 is 17.4 Å². The van der Waals surface area contributed by atoms with E-state index in [4.69, 9.17) is 9.73 Å². The standard InChI is InChI=1S/C27H37N3O3/c1-17(2)12-25(27(32)33-23-8-6-7-9-23)28-15-21-11-10-18(3)24(14-21)30-20(5)22-13-19(4)26(31)29-16-22/h10-11,13-14,16-17,23,25,28H,6-9,12,15H2,1-5H3,(H,29,31)/b30-20+. The van der Waals surface area contributed by atoms with Crippen molar-refractivity contribution in [2.45, 2.75) is 85.4 Å². The zero-order chi connectivity index (χ0) is 24.0. The summed E-state index contributed by atoms with van der Waals surface area (Å²) in [5.74, 6) is 0.255. The van der Waals surface area contributed by atoms with Crippen LogP contribution >= 0.6 is 0 Å². The maximum absolute atomic E-state index is 12.8. The summed E-state index contributed by atoms with van der Waals surface area (Å²) < 4.78 is 5.78. The first-order valence-electron chi connectivity index (χ1n) is 12.0. The molecule has 0 radical (unpaired) electrons. The Morgan fingerprint density at radius 3 is 2.58 bits per heavy atom. The minimum absolute atomic E-state index is 0.0776. The Morgan fingerprint density at radius 1 is 1.18 bits per heavy atom. The molecule has 1 aromatic carbocycles. The van der Waals surface area contributed by atoms with Crippen molar-refractivity contribution < 1.29 is 9.53 Å². The van der Waals surface area contributed by atoms with E-state index in [2.05, 4.69) is 42.3 Å². The van der Waals surface area contributed by atoms with Gasteiger partial charge in [0.05, 0.1) is 5.69 Å². The first-order valence-corrected chi connectivity index (χ1v) is 12.0. The summed E-state index contributed by atoms with van der Waals surface area (Å²) in [5.41, 5.74) is 5.31. The number of hydrogen-bond donors (Lipinski definition) is 2. The average Bonchev–Trinajstić information content (AvgIpc) is 3.27. The number of aromatic amines is 1. The van der Waals surface area contributed by atoms with E-state index in [0.29, 0.717) is 18.0 Å². The molecule has 0 aliphatic heterocycles. The van der Waals surface area contributed by atoms with Gasteiger partial charge in [0.1, 0.15) is 12.1 Å². The molecule has 0 spiro atoms. The number of benzene rings is 1. The molecule has 6 nitrogen and oxygen atoms in total. The Balaban J connectivity index is 1.72. The molecule has 1 aliphatic rings. The number of aryl methyl sites for hydroxylation is 2. The van der Waals surface area contributed by atoms with E-state index in [-0.39, 0.29) is 23.7 Å². The fourth-order valence-electron chi connectivity index (χ4n) is 4.17. The number of rotatable bonds is 9. The van der Waals surface area contributed by atoms with Crippen molar-refractivity contribution in [1.82, 2.24) is 10.3 Å². The molecule has 1 unspecified atom stereocenters. The van der Waals surface area contributed by atoms with Crippen LogP contribution in [0.2, 0.25) is 0 Å². The molecule has 0 saturated heterocycles. The Kier molecular flexibility index (Phi) is 8.61. The lowest BCUT2D eigenvalue weighted by Gasteiger charge is -2.22. The highest BCUT2D eigenvalue weighted by molar-refractivity contribution is 6.00. The van der Waals surface area contributed by atoms with Gasteiger partial charge in [0.15, 0.2) is 0 Å².